The fourth-order valence-corrected chi connectivity index (χ4v) is 1.87. The van der Waals surface area contributed by atoms with Crippen LogP contribution < -0.4 is 0 Å². The Labute approximate surface area is 94.4 Å². The minimum absolute atomic E-state index is 0.0615. The zero-order valence-electron chi connectivity index (χ0n) is 9.46. The topological polar surface area (TPSA) is 58.9 Å². The predicted molar refractivity (Wildman–Crippen MR) is 62.0 cm³/mol. The largest absolute Gasteiger partial charge is 0.393 e. The number of rotatable bonds is 3. The number of hydrogen-bond acceptors (Lipinski definition) is 4. The van der Waals surface area contributed by atoms with Gasteiger partial charge in [-0.05, 0) is 25.5 Å². The van der Waals surface area contributed by atoms with Crippen LogP contribution in [0.1, 0.15) is 31.9 Å². The first kappa shape index (κ1) is 11.0. The van der Waals surface area contributed by atoms with E-state index in [0.29, 0.717) is 5.65 Å². The molecule has 0 saturated carbocycles. The van der Waals surface area contributed by atoms with Gasteiger partial charge in [0.05, 0.1) is 6.10 Å². The van der Waals surface area contributed by atoms with E-state index in [1.54, 1.807) is 19.3 Å². The highest BCUT2D eigenvalue weighted by Gasteiger charge is 2.17. The second kappa shape index (κ2) is 4.53. The third kappa shape index (κ3) is 2.02. The smallest absolute Gasteiger partial charge is 0.178 e. The average Bonchev–Trinajstić information content (AvgIpc) is 2.29. The summed E-state index contributed by atoms with van der Waals surface area (Å²) >= 11 is 0. The Morgan fingerprint density at radius 2 is 2.00 bits per heavy atom. The number of pyridine rings is 1. The molecule has 2 atom stereocenters. The van der Waals surface area contributed by atoms with E-state index >= 15 is 0 Å². The SMILES string of the molecule is CCC(c1ccc2nccnc2n1)C(C)O. The first-order valence-corrected chi connectivity index (χ1v) is 5.48. The number of aromatic nitrogens is 3. The molecule has 16 heavy (non-hydrogen) atoms. The van der Waals surface area contributed by atoms with Gasteiger partial charge in [-0.25, -0.2) is 9.97 Å². The molecule has 2 unspecified atom stereocenters. The van der Waals surface area contributed by atoms with Gasteiger partial charge in [0.1, 0.15) is 5.52 Å². The highest BCUT2D eigenvalue weighted by Crippen LogP contribution is 2.22. The summed E-state index contributed by atoms with van der Waals surface area (Å²) in [7, 11) is 0. The molecular formula is C12H15N3O. The van der Waals surface area contributed by atoms with Crippen LogP contribution in [0.2, 0.25) is 0 Å². The maximum absolute atomic E-state index is 9.66. The standard InChI is InChI=1S/C12H15N3O/c1-3-9(8(2)16)10-4-5-11-12(15-10)14-7-6-13-11/h4-9,16H,3H2,1-2H3. The normalized spacial score (nSPS) is 14.9. The van der Waals surface area contributed by atoms with E-state index in [4.69, 9.17) is 0 Å². The van der Waals surface area contributed by atoms with Crippen molar-refractivity contribution in [2.45, 2.75) is 32.3 Å². The van der Waals surface area contributed by atoms with E-state index < -0.39 is 6.10 Å². The van der Waals surface area contributed by atoms with Gasteiger partial charge >= 0.3 is 0 Å². The van der Waals surface area contributed by atoms with Crippen LogP contribution in [-0.4, -0.2) is 26.2 Å². The van der Waals surface area contributed by atoms with Crippen LogP contribution in [0.5, 0.6) is 0 Å². The quantitative estimate of drug-likeness (QED) is 0.853. The monoisotopic (exact) mass is 217 g/mol. The van der Waals surface area contributed by atoms with E-state index in [1.165, 1.54) is 0 Å². The Balaban J connectivity index is 2.45. The van der Waals surface area contributed by atoms with Gasteiger partial charge in [0, 0.05) is 24.0 Å². The molecule has 0 aliphatic rings. The lowest BCUT2D eigenvalue weighted by Gasteiger charge is -2.17. The first-order chi connectivity index (χ1) is 7.72. The minimum Gasteiger partial charge on any atom is -0.393 e. The third-order valence-electron chi connectivity index (χ3n) is 2.76. The maximum Gasteiger partial charge on any atom is 0.178 e. The van der Waals surface area contributed by atoms with Gasteiger partial charge in [0.2, 0.25) is 0 Å². The van der Waals surface area contributed by atoms with Crippen LogP contribution in [0.4, 0.5) is 0 Å². The molecule has 0 saturated heterocycles. The number of aliphatic hydroxyl groups is 1. The third-order valence-corrected chi connectivity index (χ3v) is 2.76. The molecule has 0 spiro atoms. The summed E-state index contributed by atoms with van der Waals surface area (Å²) in [6, 6.07) is 3.81. The van der Waals surface area contributed by atoms with E-state index in [9.17, 15) is 5.11 Å². The highest BCUT2D eigenvalue weighted by molar-refractivity contribution is 5.68. The van der Waals surface area contributed by atoms with Crippen LogP contribution in [-0.2, 0) is 0 Å². The summed E-state index contributed by atoms with van der Waals surface area (Å²) in [5.74, 6) is 0.0615. The van der Waals surface area contributed by atoms with E-state index in [2.05, 4.69) is 15.0 Å². The van der Waals surface area contributed by atoms with Crippen LogP contribution in [0.15, 0.2) is 24.5 Å². The molecule has 0 radical (unpaired) electrons. The van der Waals surface area contributed by atoms with Crippen molar-refractivity contribution in [2.75, 3.05) is 0 Å². The Hall–Kier alpha value is -1.55. The van der Waals surface area contributed by atoms with Crippen molar-refractivity contribution in [1.29, 1.82) is 0 Å². The lowest BCUT2D eigenvalue weighted by molar-refractivity contribution is 0.158. The first-order valence-electron chi connectivity index (χ1n) is 5.48. The minimum atomic E-state index is -0.397. The molecule has 0 aliphatic carbocycles. The number of nitrogens with zero attached hydrogens (tertiary/aromatic N) is 3. The van der Waals surface area contributed by atoms with Gasteiger partial charge in [-0.2, -0.15) is 0 Å². The van der Waals surface area contributed by atoms with E-state index in [-0.39, 0.29) is 5.92 Å². The lowest BCUT2D eigenvalue weighted by atomic mass is 9.96. The van der Waals surface area contributed by atoms with Gasteiger partial charge in [-0.3, -0.25) is 4.98 Å². The molecule has 4 nitrogen and oxygen atoms in total. The molecular weight excluding hydrogens is 202 g/mol. The van der Waals surface area contributed by atoms with Crippen molar-refractivity contribution in [3.05, 3.63) is 30.2 Å². The predicted octanol–water partition coefficient (Wildman–Crippen LogP) is 1.90. The van der Waals surface area contributed by atoms with Gasteiger partial charge < -0.3 is 5.11 Å². The average molecular weight is 217 g/mol. The fraction of sp³-hybridized carbons (Fsp3) is 0.417. The Morgan fingerprint density at radius 3 is 2.69 bits per heavy atom. The van der Waals surface area contributed by atoms with Gasteiger partial charge in [-0.1, -0.05) is 6.92 Å². The molecule has 2 rings (SSSR count). The second-order valence-electron chi connectivity index (χ2n) is 3.89. The molecule has 2 heterocycles. The van der Waals surface area contributed by atoms with Gasteiger partial charge in [0.15, 0.2) is 5.65 Å². The van der Waals surface area contributed by atoms with Crippen molar-refractivity contribution < 1.29 is 5.11 Å². The summed E-state index contributed by atoms with van der Waals surface area (Å²) in [4.78, 5) is 12.8. The Morgan fingerprint density at radius 1 is 1.25 bits per heavy atom. The lowest BCUT2D eigenvalue weighted by Crippen LogP contribution is -2.15. The van der Waals surface area contributed by atoms with E-state index in [0.717, 1.165) is 17.6 Å². The molecule has 0 fully saturated rings. The van der Waals surface area contributed by atoms with Crippen LogP contribution in [0.25, 0.3) is 11.2 Å². The summed E-state index contributed by atoms with van der Waals surface area (Å²) in [5, 5.41) is 9.66. The maximum atomic E-state index is 9.66. The molecule has 0 amide bonds. The molecule has 2 aromatic heterocycles. The van der Waals surface area contributed by atoms with Crippen molar-refractivity contribution in [1.82, 2.24) is 15.0 Å². The summed E-state index contributed by atoms with van der Waals surface area (Å²) in [6.45, 7) is 3.83. The summed E-state index contributed by atoms with van der Waals surface area (Å²) in [6.07, 6.45) is 3.74. The number of fused-ring (bicyclic) bond motifs is 1. The molecule has 0 bridgehead atoms. The summed E-state index contributed by atoms with van der Waals surface area (Å²) in [5.41, 5.74) is 2.30. The summed E-state index contributed by atoms with van der Waals surface area (Å²) < 4.78 is 0. The van der Waals surface area contributed by atoms with Crippen molar-refractivity contribution >= 4 is 11.2 Å². The highest BCUT2D eigenvalue weighted by atomic mass is 16.3. The molecule has 0 aromatic carbocycles. The van der Waals surface area contributed by atoms with Crippen molar-refractivity contribution in [2.24, 2.45) is 0 Å². The second-order valence-corrected chi connectivity index (χ2v) is 3.89. The number of aliphatic hydroxyl groups excluding tert-OH is 1. The van der Waals surface area contributed by atoms with Crippen LogP contribution in [0, 0.1) is 0 Å². The molecule has 0 aliphatic heterocycles. The van der Waals surface area contributed by atoms with Crippen molar-refractivity contribution in [3.63, 3.8) is 0 Å². The molecule has 2 aromatic rings. The molecule has 4 heteroatoms. The van der Waals surface area contributed by atoms with Gasteiger partial charge in [-0.15, -0.1) is 0 Å². The van der Waals surface area contributed by atoms with Crippen LogP contribution >= 0.6 is 0 Å². The van der Waals surface area contributed by atoms with Gasteiger partial charge in [0.25, 0.3) is 0 Å². The van der Waals surface area contributed by atoms with Crippen LogP contribution in [0.3, 0.4) is 0 Å². The molecule has 1 N–H and O–H groups in total. The zero-order chi connectivity index (χ0) is 11.5. The Bertz CT molecular complexity index is 484. The fourth-order valence-electron chi connectivity index (χ4n) is 1.87. The zero-order valence-corrected chi connectivity index (χ0v) is 9.46. The van der Waals surface area contributed by atoms with E-state index in [1.807, 2.05) is 19.1 Å². The molecule has 84 valence electrons. The Kier molecular flexibility index (Phi) is 3.10. The number of hydrogen-bond donors (Lipinski definition) is 1. The van der Waals surface area contributed by atoms with Crippen molar-refractivity contribution in [3.8, 4) is 0 Å².